The maximum Gasteiger partial charge on any atom is 0.161 e. The second-order valence-electron chi connectivity index (χ2n) is 9.66. The van der Waals surface area contributed by atoms with Gasteiger partial charge in [-0.25, -0.2) is 0 Å². The van der Waals surface area contributed by atoms with Gasteiger partial charge in [-0.1, -0.05) is 0 Å². The molecule has 2 aromatic heterocycles. The fourth-order valence-electron chi connectivity index (χ4n) is 5.07. The number of aromatic nitrogens is 3. The summed E-state index contributed by atoms with van der Waals surface area (Å²) in [5.74, 6) is 2.24. The van der Waals surface area contributed by atoms with E-state index in [-0.39, 0.29) is 0 Å². The van der Waals surface area contributed by atoms with Crippen molar-refractivity contribution in [2.24, 2.45) is 0 Å². The third-order valence-electron chi connectivity index (χ3n) is 7.23. The van der Waals surface area contributed by atoms with Gasteiger partial charge in [-0.15, -0.1) is 5.10 Å². The van der Waals surface area contributed by atoms with Crippen molar-refractivity contribution in [2.45, 2.75) is 12.8 Å². The van der Waals surface area contributed by atoms with Crippen LogP contribution >= 0.6 is 0 Å². The second-order valence-corrected chi connectivity index (χ2v) is 9.66. The molecular formula is C28H36N6O4. The molecule has 2 fully saturated rings. The monoisotopic (exact) mass is 520 g/mol. The molecule has 0 saturated carbocycles. The molecule has 5 rings (SSSR count). The highest BCUT2D eigenvalue weighted by Crippen LogP contribution is 2.37. The summed E-state index contributed by atoms with van der Waals surface area (Å²) in [7, 11) is 1.67. The summed E-state index contributed by atoms with van der Waals surface area (Å²) in [6.07, 6.45) is 6.12. The van der Waals surface area contributed by atoms with Crippen LogP contribution in [0, 0.1) is 0 Å². The van der Waals surface area contributed by atoms with Gasteiger partial charge in [0.15, 0.2) is 17.3 Å². The van der Waals surface area contributed by atoms with E-state index in [0.29, 0.717) is 31.1 Å². The zero-order valence-electron chi connectivity index (χ0n) is 22.1. The van der Waals surface area contributed by atoms with Crippen LogP contribution < -0.4 is 14.4 Å². The van der Waals surface area contributed by atoms with Gasteiger partial charge >= 0.3 is 0 Å². The lowest BCUT2D eigenvalue weighted by molar-refractivity contribution is -0.108. The van der Waals surface area contributed by atoms with E-state index < -0.39 is 0 Å². The Morgan fingerprint density at radius 1 is 0.947 bits per heavy atom. The average Bonchev–Trinajstić information content (AvgIpc) is 2.97. The molecule has 4 heterocycles. The summed E-state index contributed by atoms with van der Waals surface area (Å²) >= 11 is 0. The number of pyridine rings is 1. The standard InChI is InChI=1S/C28H36N6O4/c1-36-26-20-23-24(21-27(26)38-16-2-7-32-13-17-37-18-14-32)28(34-10-8-33(9-11-34)12-15-35)31-30-25(23)19-22-3-5-29-6-4-22/h3-6,15,20-21H,2,7-14,16-19H2,1H3. The number of nitrogens with zero attached hydrogens (tertiary/aromatic N) is 6. The van der Waals surface area contributed by atoms with Gasteiger partial charge in [0, 0.05) is 75.4 Å². The first-order valence-electron chi connectivity index (χ1n) is 13.3. The second kappa shape index (κ2) is 12.9. The minimum Gasteiger partial charge on any atom is -0.493 e. The van der Waals surface area contributed by atoms with Crippen LogP contribution in [-0.4, -0.2) is 111 Å². The van der Waals surface area contributed by atoms with Crippen LogP contribution in [0.1, 0.15) is 17.7 Å². The number of aldehydes is 1. The predicted molar refractivity (Wildman–Crippen MR) is 145 cm³/mol. The lowest BCUT2D eigenvalue weighted by Gasteiger charge is -2.34. The van der Waals surface area contributed by atoms with E-state index in [1.807, 2.05) is 18.2 Å². The molecule has 0 N–H and O–H groups in total. The highest BCUT2D eigenvalue weighted by Gasteiger charge is 2.23. The van der Waals surface area contributed by atoms with E-state index in [4.69, 9.17) is 19.3 Å². The maximum atomic E-state index is 11.0. The van der Waals surface area contributed by atoms with Crippen molar-refractivity contribution in [2.75, 3.05) is 84.2 Å². The molecule has 1 aromatic carbocycles. The molecule has 0 aliphatic carbocycles. The first-order valence-corrected chi connectivity index (χ1v) is 13.3. The lowest BCUT2D eigenvalue weighted by Crippen LogP contribution is -2.47. The maximum absolute atomic E-state index is 11.0. The van der Waals surface area contributed by atoms with Gasteiger partial charge in [0.1, 0.15) is 6.29 Å². The number of rotatable bonds is 11. The highest BCUT2D eigenvalue weighted by molar-refractivity contribution is 5.96. The molecule has 2 saturated heterocycles. The van der Waals surface area contributed by atoms with Crippen LogP contribution in [0.25, 0.3) is 10.8 Å². The quantitative estimate of drug-likeness (QED) is 0.276. The summed E-state index contributed by atoms with van der Waals surface area (Å²) in [4.78, 5) is 21.9. The van der Waals surface area contributed by atoms with Crippen molar-refractivity contribution < 1.29 is 19.0 Å². The molecule has 10 heteroatoms. The van der Waals surface area contributed by atoms with Gasteiger partial charge in [0.25, 0.3) is 0 Å². The number of carbonyl (C=O) groups excluding carboxylic acids is 1. The van der Waals surface area contributed by atoms with Crippen molar-refractivity contribution in [3.63, 3.8) is 0 Å². The van der Waals surface area contributed by atoms with Crippen molar-refractivity contribution in [1.82, 2.24) is 25.0 Å². The number of anilines is 1. The number of benzene rings is 1. The van der Waals surface area contributed by atoms with E-state index >= 15 is 0 Å². The van der Waals surface area contributed by atoms with Crippen molar-refractivity contribution in [1.29, 1.82) is 0 Å². The van der Waals surface area contributed by atoms with Crippen molar-refractivity contribution in [3.05, 3.63) is 47.9 Å². The van der Waals surface area contributed by atoms with E-state index in [9.17, 15) is 4.79 Å². The van der Waals surface area contributed by atoms with Gasteiger partial charge in [-0.2, -0.15) is 5.10 Å². The van der Waals surface area contributed by atoms with Gasteiger partial charge in [0.2, 0.25) is 0 Å². The molecule has 10 nitrogen and oxygen atoms in total. The zero-order valence-corrected chi connectivity index (χ0v) is 22.1. The number of methoxy groups -OCH3 is 1. The molecule has 3 aromatic rings. The lowest BCUT2D eigenvalue weighted by atomic mass is 10.0. The molecule has 0 amide bonds. The van der Waals surface area contributed by atoms with Crippen LogP contribution in [0.2, 0.25) is 0 Å². The van der Waals surface area contributed by atoms with E-state index in [1.165, 1.54) is 0 Å². The molecule has 0 unspecified atom stereocenters. The highest BCUT2D eigenvalue weighted by atomic mass is 16.5. The van der Waals surface area contributed by atoms with Gasteiger partial charge in [-0.05, 0) is 36.2 Å². The van der Waals surface area contributed by atoms with Crippen molar-refractivity contribution in [3.8, 4) is 11.5 Å². The summed E-state index contributed by atoms with van der Waals surface area (Å²) in [5, 5.41) is 11.4. The molecule has 38 heavy (non-hydrogen) atoms. The van der Waals surface area contributed by atoms with E-state index in [0.717, 1.165) is 99.6 Å². The predicted octanol–water partition coefficient (Wildman–Crippen LogP) is 2.05. The summed E-state index contributed by atoms with van der Waals surface area (Å²) in [6, 6.07) is 8.08. The Kier molecular flexibility index (Phi) is 8.95. The molecule has 0 radical (unpaired) electrons. The molecule has 0 atom stereocenters. The first-order chi connectivity index (χ1) is 18.7. The zero-order chi connectivity index (χ0) is 26.2. The Hall–Kier alpha value is -3.34. The summed E-state index contributed by atoms with van der Waals surface area (Å²) < 4.78 is 17.5. The number of hydrogen-bond donors (Lipinski definition) is 0. The fraction of sp³-hybridized carbons (Fsp3) is 0.500. The van der Waals surface area contributed by atoms with Gasteiger partial charge in [0.05, 0.1) is 39.2 Å². The van der Waals surface area contributed by atoms with E-state index in [2.05, 4.69) is 30.8 Å². The number of hydrogen-bond acceptors (Lipinski definition) is 10. The number of ether oxygens (including phenoxy) is 3. The summed E-state index contributed by atoms with van der Waals surface area (Å²) in [6.45, 7) is 8.77. The largest absolute Gasteiger partial charge is 0.493 e. The number of piperazine rings is 1. The topological polar surface area (TPSA) is 93.2 Å². The smallest absolute Gasteiger partial charge is 0.161 e. The summed E-state index contributed by atoms with van der Waals surface area (Å²) in [5.41, 5.74) is 2.00. The first kappa shape index (κ1) is 26.3. The number of fused-ring (bicyclic) bond motifs is 1. The number of carbonyl (C=O) groups is 1. The minimum absolute atomic E-state index is 0.463. The molecule has 0 bridgehead atoms. The Morgan fingerprint density at radius 2 is 1.71 bits per heavy atom. The average molecular weight is 521 g/mol. The van der Waals surface area contributed by atoms with Crippen LogP contribution in [-0.2, 0) is 16.0 Å². The van der Waals surface area contributed by atoms with Gasteiger partial charge in [-0.3, -0.25) is 14.8 Å². The molecular weight excluding hydrogens is 484 g/mol. The Labute approximate surface area is 223 Å². The number of morpholine rings is 1. The third kappa shape index (κ3) is 6.38. The van der Waals surface area contributed by atoms with Gasteiger partial charge < -0.3 is 23.9 Å². The van der Waals surface area contributed by atoms with Crippen molar-refractivity contribution >= 4 is 22.9 Å². The molecule has 0 spiro atoms. The Morgan fingerprint density at radius 3 is 2.45 bits per heavy atom. The molecule has 2 aliphatic rings. The molecule has 202 valence electrons. The SMILES string of the molecule is COc1cc2c(Cc3ccncc3)nnc(N3CCN(CC=O)CC3)c2cc1OCCCN1CCOCC1. The van der Waals surface area contributed by atoms with Crippen LogP contribution in [0.4, 0.5) is 5.82 Å². The third-order valence-corrected chi connectivity index (χ3v) is 7.23. The normalized spacial score (nSPS) is 17.0. The van der Waals surface area contributed by atoms with E-state index in [1.54, 1.807) is 19.5 Å². The Balaban J connectivity index is 1.41. The van der Waals surface area contributed by atoms with Crippen LogP contribution in [0.15, 0.2) is 36.7 Å². The fourth-order valence-corrected chi connectivity index (χ4v) is 5.07. The minimum atomic E-state index is 0.463. The van der Waals surface area contributed by atoms with Crippen LogP contribution in [0.3, 0.4) is 0 Å². The Bertz CT molecular complexity index is 1200. The van der Waals surface area contributed by atoms with Crippen LogP contribution in [0.5, 0.6) is 11.5 Å². The molecule has 2 aliphatic heterocycles.